The Morgan fingerprint density at radius 1 is 1.41 bits per heavy atom. The van der Waals surface area contributed by atoms with Crippen molar-refractivity contribution in [2.24, 2.45) is 5.92 Å². The molecule has 0 aliphatic rings. The Balaban J connectivity index is 2.73. The summed E-state index contributed by atoms with van der Waals surface area (Å²) in [5.41, 5.74) is 5.73. The van der Waals surface area contributed by atoms with Crippen molar-refractivity contribution >= 4 is 11.7 Å². The van der Waals surface area contributed by atoms with Crippen molar-refractivity contribution in [3.63, 3.8) is 0 Å². The van der Waals surface area contributed by atoms with Crippen LogP contribution in [-0.4, -0.2) is 12.1 Å². The Morgan fingerprint density at radius 2 is 2.06 bits per heavy atom. The summed E-state index contributed by atoms with van der Waals surface area (Å²) in [5.74, 6) is -0.854. The second-order valence-electron chi connectivity index (χ2n) is 4.58. The zero-order valence-electron chi connectivity index (χ0n) is 10.4. The summed E-state index contributed by atoms with van der Waals surface area (Å²) < 4.78 is 18.5. The standard InChI is InChI=1S/C13H18FNO2/c1-8(2)6-9(3)17-13(16)11-7-10(15)4-5-12(11)14/h4-5,7-9H,6,15H2,1-3H3. The summed E-state index contributed by atoms with van der Waals surface area (Å²) in [4.78, 5) is 11.7. The van der Waals surface area contributed by atoms with Gasteiger partial charge < -0.3 is 10.5 Å². The summed E-state index contributed by atoms with van der Waals surface area (Å²) >= 11 is 0. The fourth-order valence-electron chi connectivity index (χ4n) is 1.66. The number of benzene rings is 1. The fourth-order valence-corrected chi connectivity index (χ4v) is 1.66. The number of halogens is 1. The lowest BCUT2D eigenvalue weighted by Crippen LogP contribution is -2.18. The van der Waals surface area contributed by atoms with Gasteiger partial charge in [0.05, 0.1) is 11.7 Å². The minimum Gasteiger partial charge on any atom is -0.459 e. The highest BCUT2D eigenvalue weighted by Crippen LogP contribution is 2.16. The molecule has 1 atom stereocenters. The van der Waals surface area contributed by atoms with Crippen molar-refractivity contribution in [3.8, 4) is 0 Å². The van der Waals surface area contributed by atoms with Gasteiger partial charge >= 0.3 is 5.97 Å². The van der Waals surface area contributed by atoms with Gasteiger partial charge in [-0.15, -0.1) is 0 Å². The molecule has 3 nitrogen and oxygen atoms in total. The van der Waals surface area contributed by atoms with Crippen molar-refractivity contribution in [3.05, 3.63) is 29.6 Å². The van der Waals surface area contributed by atoms with Crippen LogP contribution in [0.4, 0.5) is 10.1 Å². The maximum Gasteiger partial charge on any atom is 0.341 e. The summed E-state index contributed by atoms with van der Waals surface area (Å²) in [6, 6.07) is 3.86. The van der Waals surface area contributed by atoms with Gasteiger partial charge in [0.2, 0.25) is 0 Å². The Bertz CT molecular complexity index is 404. The molecule has 0 radical (unpaired) electrons. The van der Waals surface area contributed by atoms with Crippen LogP contribution in [0.1, 0.15) is 37.6 Å². The van der Waals surface area contributed by atoms with Crippen LogP contribution in [0.5, 0.6) is 0 Å². The highest BCUT2D eigenvalue weighted by atomic mass is 19.1. The monoisotopic (exact) mass is 239 g/mol. The molecule has 1 rings (SSSR count). The van der Waals surface area contributed by atoms with Crippen LogP contribution >= 0.6 is 0 Å². The summed E-state index contributed by atoms with van der Waals surface area (Å²) in [6.07, 6.45) is 0.513. The fraction of sp³-hybridized carbons (Fsp3) is 0.462. The molecule has 1 aromatic rings. The topological polar surface area (TPSA) is 52.3 Å². The van der Waals surface area contributed by atoms with Gasteiger partial charge in [-0.05, 0) is 37.5 Å². The van der Waals surface area contributed by atoms with Gasteiger partial charge in [-0.2, -0.15) is 0 Å². The quantitative estimate of drug-likeness (QED) is 0.649. The Kier molecular flexibility index (Phi) is 4.49. The van der Waals surface area contributed by atoms with E-state index in [-0.39, 0.29) is 11.7 Å². The van der Waals surface area contributed by atoms with Crippen molar-refractivity contribution in [1.29, 1.82) is 0 Å². The molecule has 0 amide bonds. The average molecular weight is 239 g/mol. The van der Waals surface area contributed by atoms with Crippen molar-refractivity contribution < 1.29 is 13.9 Å². The molecule has 4 heteroatoms. The maximum absolute atomic E-state index is 13.4. The first-order chi connectivity index (χ1) is 7.90. The van der Waals surface area contributed by atoms with Gasteiger partial charge in [0, 0.05) is 5.69 Å². The molecule has 0 aliphatic carbocycles. The van der Waals surface area contributed by atoms with Crippen LogP contribution in [0.25, 0.3) is 0 Å². The largest absolute Gasteiger partial charge is 0.459 e. The van der Waals surface area contributed by atoms with Gasteiger partial charge in [-0.25, -0.2) is 9.18 Å². The number of esters is 1. The lowest BCUT2D eigenvalue weighted by atomic mass is 10.1. The molecule has 0 spiro atoms. The molecule has 0 aliphatic heterocycles. The third-order valence-electron chi connectivity index (χ3n) is 2.32. The molecule has 94 valence electrons. The Labute approximate surface area is 101 Å². The molecule has 0 bridgehead atoms. The van der Waals surface area contributed by atoms with E-state index in [1.807, 2.05) is 13.8 Å². The van der Waals surface area contributed by atoms with E-state index in [9.17, 15) is 9.18 Å². The third-order valence-corrected chi connectivity index (χ3v) is 2.32. The molecular weight excluding hydrogens is 221 g/mol. The van der Waals surface area contributed by atoms with Crippen molar-refractivity contribution in [1.82, 2.24) is 0 Å². The van der Waals surface area contributed by atoms with Crippen LogP contribution in [-0.2, 0) is 4.74 Å². The first-order valence-corrected chi connectivity index (χ1v) is 5.66. The first kappa shape index (κ1) is 13.5. The van der Waals surface area contributed by atoms with E-state index in [2.05, 4.69) is 0 Å². The number of hydrogen-bond donors (Lipinski definition) is 1. The van der Waals surface area contributed by atoms with Gasteiger partial charge in [-0.3, -0.25) is 0 Å². The minimum absolute atomic E-state index is 0.111. The van der Waals surface area contributed by atoms with E-state index in [0.29, 0.717) is 11.6 Å². The number of carbonyl (C=O) groups excluding carboxylic acids is 1. The molecule has 0 saturated heterocycles. The predicted octanol–water partition coefficient (Wildman–Crippen LogP) is 3.00. The zero-order valence-corrected chi connectivity index (χ0v) is 10.4. The van der Waals surface area contributed by atoms with E-state index >= 15 is 0 Å². The number of hydrogen-bond acceptors (Lipinski definition) is 3. The normalized spacial score (nSPS) is 12.5. The van der Waals surface area contributed by atoms with Gasteiger partial charge in [0.15, 0.2) is 0 Å². The molecular formula is C13H18FNO2. The summed E-state index contributed by atoms with van der Waals surface area (Å²) in [5, 5.41) is 0. The maximum atomic E-state index is 13.4. The molecule has 0 heterocycles. The first-order valence-electron chi connectivity index (χ1n) is 5.66. The summed E-state index contributed by atoms with van der Waals surface area (Å²) in [7, 11) is 0. The summed E-state index contributed by atoms with van der Waals surface area (Å²) in [6.45, 7) is 5.86. The van der Waals surface area contributed by atoms with E-state index < -0.39 is 11.8 Å². The van der Waals surface area contributed by atoms with Gasteiger partial charge in [0.25, 0.3) is 0 Å². The number of rotatable bonds is 4. The number of ether oxygens (including phenoxy) is 1. The number of carbonyl (C=O) groups is 1. The zero-order chi connectivity index (χ0) is 13.0. The van der Waals surface area contributed by atoms with E-state index in [4.69, 9.17) is 10.5 Å². The number of anilines is 1. The van der Waals surface area contributed by atoms with Crippen LogP contribution in [0, 0.1) is 11.7 Å². The second-order valence-corrected chi connectivity index (χ2v) is 4.58. The third kappa shape index (κ3) is 4.06. The SMILES string of the molecule is CC(C)CC(C)OC(=O)c1cc(N)ccc1F. The van der Waals surface area contributed by atoms with Crippen LogP contribution in [0.15, 0.2) is 18.2 Å². The van der Waals surface area contributed by atoms with E-state index in [0.717, 1.165) is 6.42 Å². The average Bonchev–Trinajstić information content (AvgIpc) is 2.20. The van der Waals surface area contributed by atoms with Crippen molar-refractivity contribution in [2.45, 2.75) is 33.3 Å². The molecule has 2 N–H and O–H groups in total. The lowest BCUT2D eigenvalue weighted by molar-refractivity contribution is 0.0294. The highest BCUT2D eigenvalue weighted by molar-refractivity contribution is 5.90. The minimum atomic E-state index is -0.664. The van der Waals surface area contributed by atoms with Crippen LogP contribution < -0.4 is 5.73 Å². The van der Waals surface area contributed by atoms with Crippen molar-refractivity contribution in [2.75, 3.05) is 5.73 Å². The predicted molar refractivity (Wildman–Crippen MR) is 65.1 cm³/mol. The number of nitrogen functional groups attached to an aromatic ring is 1. The van der Waals surface area contributed by atoms with Crippen LogP contribution in [0.3, 0.4) is 0 Å². The Morgan fingerprint density at radius 3 is 2.65 bits per heavy atom. The van der Waals surface area contributed by atoms with E-state index in [1.165, 1.54) is 18.2 Å². The lowest BCUT2D eigenvalue weighted by Gasteiger charge is -2.15. The molecule has 1 aromatic carbocycles. The highest BCUT2D eigenvalue weighted by Gasteiger charge is 2.17. The molecule has 0 fully saturated rings. The second kappa shape index (κ2) is 5.66. The molecule has 1 unspecified atom stereocenters. The van der Waals surface area contributed by atoms with Gasteiger partial charge in [0.1, 0.15) is 5.82 Å². The van der Waals surface area contributed by atoms with Gasteiger partial charge in [-0.1, -0.05) is 13.8 Å². The molecule has 0 saturated carbocycles. The van der Waals surface area contributed by atoms with Crippen LogP contribution in [0.2, 0.25) is 0 Å². The number of nitrogens with two attached hydrogens (primary N) is 1. The molecule has 0 aromatic heterocycles. The smallest absolute Gasteiger partial charge is 0.341 e. The van der Waals surface area contributed by atoms with E-state index in [1.54, 1.807) is 6.92 Å². The Hall–Kier alpha value is -1.58. The molecule has 17 heavy (non-hydrogen) atoms.